The second-order valence-corrected chi connectivity index (χ2v) is 3.86. The van der Waals surface area contributed by atoms with Crippen LogP contribution in [0.1, 0.15) is 5.56 Å². The summed E-state index contributed by atoms with van der Waals surface area (Å²) in [5.41, 5.74) is 8.99. The molecule has 0 saturated carbocycles. The molecule has 2 heteroatoms. The van der Waals surface area contributed by atoms with Crippen molar-refractivity contribution in [2.45, 2.75) is 6.42 Å². The maximum absolute atomic E-state index is 5.53. The van der Waals surface area contributed by atoms with Gasteiger partial charge in [0.2, 0.25) is 0 Å². The van der Waals surface area contributed by atoms with Crippen molar-refractivity contribution >= 4 is 0 Å². The van der Waals surface area contributed by atoms with Gasteiger partial charge in [0, 0.05) is 5.56 Å². The lowest BCUT2D eigenvalue weighted by Gasteiger charge is -2.08. The van der Waals surface area contributed by atoms with Crippen molar-refractivity contribution in [1.29, 1.82) is 0 Å². The molecule has 1 radical (unpaired) electrons. The Morgan fingerprint density at radius 2 is 1.94 bits per heavy atom. The minimum Gasteiger partial charge on any atom is -0.496 e. The van der Waals surface area contributed by atoms with Crippen molar-refractivity contribution in [2.75, 3.05) is 13.7 Å². The summed E-state index contributed by atoms with van der Waals surface area (Å²) in [6.07, 6.45) is 0.915. The quantitative estimate of drug-likeness (QED) is 0.870. The minimum absolute atomic E-state index is 0.682. The van der Waals surface area contributed by atoms with Crippen molar-refractivity contribution in [2.24, 2.45) is 5.73 Å². The normalized spacial score (nSPS) is 10.2. The van der Waals surface area contributed by atoms with Crippen molar-refractivity contribution in [3.8, 4) is 16.9 Å². The largest absolute Gasteiger partial charge is 0.496 e. The second kappa shape index (κ2) is 5.51. The van der Waals surface area contributed by atoms with Gasteiger partial charge in [-0.05, 0) is 42.3 Å². The lowest BCUT2D eigenvalue weighted by molar-refractivity contribution is 0.416. The van der Waals surface area contributed by atoms with Crippen LogP contribution in [0.25, 0.3) is 11.1 Å². The highest BCUT2D eigenvalue weighted by Gasteiger charge is 2.04. The Kier molecular flexibility index (Phi) is 3.78. The van der Waals surface area contributed by atoms with Crippen LogP contribution in [0.2, 0.25) is 0 Å². The predicted molar refractivity (Wildman–Crippen MR) is 70.0 cm³/mol. The Bertz CT molecular complexity index is 477. The van der Waals surface area contributed by atoms with Gasteiger partial charge in [-0.1, -0.05) is 30.3 Å². The maximum Gasteiger partial charge on any atom is 0.126 e. The first-order valence-corrected chi connectivity index (χ1v) is 5.68. The van der Waals surface area contributed by atoms with Crippen LogP contribution in [-0.2, 0) is 6.42 Å². The van der Waals surface area contributed by atoms with Crippen LogP contribution in [0.5, 0.6) is 5.75 Å². The lowest BCUT2D eigenvalue weighted by Crippen LogP contribution is -2.02. The highest BCUT2D eigenvalue weighted by Crippen LogP contribution is 2.29. The molecule has 0 heterocycles. The highest BCUT2D eigenvalue weighted by atomic mass is 16.5. The van der Waals surface area contributed by atoms with Crippen LogP contribution < -0.4 is 10.5 Å². The van der Waals surface area contributed by atoms with Gasteiger partial charge in [-0.15, -0.1) is 0 Å². The zero-order valence-corrected chi connectivity index (χ0v) is 9.94. The Hall–Kier alpha value is -1.80. The van der Waals surface area contributed by atoms with Gasteiger partial charge in [-0.2, -0.15) is 0 Å². The molecule has 2 rings (SSSR count). The number of hydrogen-bond acceptors (Lipinski definition) is 2. The molecule has 2 aromatic rings. The van der Waals surface area contributed by atoms with E-state index in [4.69, 9.17) is 10.5 Å². The van der Waals surface area contributed by atoms with Crippen LogP contribution >= 0.6 is 0 Å². The summed E-state index contributed by atoms with van der Waals surface area (Å²) < 4.78 is 5.34. The van der Waals surface area contributed by atoms with Gasteiger partial charge in [0.25, 0.3) is 0 Å². The van der Waals surface area contributed by atoms with Crippen molar-refractivity contribution < 1.29 is 4.74 Å². The van der Waals surface area contributed by atoms with E-state index in [0.717, 1.165) is 23.3 Å². The van der Waals surface area contributed by atoms with E-state index < -0.39 is 0 Å². The Morgan fingerprint density at radius 3 is 2.59 bits per heavy atom. The van der Waals surface area contributed by atoms with Crippen LogP contribution in [0, 0.1) is 6.07 Å². The van der Waals surface area contributed by atoms with E-state index >= 15 is 0 Å². The fraction of sp³-hybridized carbons (Fsp3) is 0.200. The first-order chi connectivity index (χ1) is 8.35. The molecule has 0 aliphatic carbocycles. The van der Waals surface area contributed by atoms with Crippen LogP contribution in [-0.4, -0.2) is 13.7 Å². The smallest absolute Gasteiger partial charge is 0.126 e. The van der Waals surface area contributed by atoms with E-state index in [9.17, 15) is 0 Å². The average Bonchev–Trinajstić information content (AvgIpc) is 2.40. The molecule has 0 atom stereocenters. The van der Waals surface area contributed by atoms with Crippen LogP contribution in [0.3, 0.4) is 0 Å². The number of rotatable bonds is 4. The number of benzene rings is 2. The highest BCUT2D eigenvalue weighted by molar-refractivity contribution is 5.70. The molecule has 0 amide bonds. The number of hydrogen-bond donors (Lipinski definition) is 1. The van der Waals surface area contributed by atoms with Gasteiger partial charge >= 0.3 is 0 Å². The molecule has 87 valence electrons. The fourth-order valence-electron chi connectivity index (χ4n) is 1.84. The SMILES string of the molecule is COc1cc[c]cc1-c1ccc(CCN)cc1. The molecule has 2 N–H and O–H groups in total. The summed E-state index contributed by atoms with van der Waals surface area (Å²) in [5, 5.41) is 0. The molecule has 17 heavy (non-hydrogen) atoms. The third kappa shape index (κ3) is 2.66. The molecular formula is C15H16NO. The van der Waals surface area contributed by atoms with Crippen LogP contribution in [0.15, 0.2) is 42.5 Å². The summed E-state index contributed by atoms with van der Waals surface area (Å²) >= 11 is 0. The Balaban J connectivity index is 2.33. The molecule has 2 aromatic carbocycles. The molecular weight excluding hydrogens is 210 g/mol. The maximum atomic E-state index is 5.53. The van der Waals surface area contributed by atoms with Crippen molar-refractivity contribution in [1.82, 2.24) is 0 Å². The summed E-state index contributed by atoms with van der Waals surface area (Å²) in [7, 11) is 1.68. The summed E-state index contributed by atoms with van der Waals surface area (Å²) in [5.74, 6) is 0.871. The number of nitrogens with two attached hydrogens (primary N) is 1. The van der Waals surface area contributed by atoms with Crippen molar-refractivity contribution in [3.63, 3.8) is 0 Å². The molecule has 0 bridgehead atoms. The van der Waals surface area contributed by atoms with E-state index in [0.29, 0.717) is 6.54 Å². The molecule has 0 aromatic heterocycles. The van der Waals surface area contributed by atoms with E-state index in [-0.39, 0.29) is 0 Å². The van der Waals surface area contributed by atoms with Gasteiger partial charge in [0.05, 0.1) is 7.11 Å². The number of methoxy groups -OCH3 is 1. The van der Waals surface area contributed by atoms with Gasteiger partial charge in [-0.3, -0.25) is 0 Å². The Labute approximate surface area is 102 Å². The fourth-order valence-corrected chi connectivity index (χ4v) is 1.84. The van der Waals surface area contributed by atoms with Gasteiger partial charge in [0.15, 0.2) is 0 Å². The summed E-state index contributed by atoms with van der Waals surface area (Å²) in [6.45, 7) is 0.682. The molecule has 0 aliphatic rings. The molecule has 2 nitrogen and oxygen atoms in total. The second-order valence-electron chi connectivity index (χ2n) is 3.86. The third-order valence-corrected chi connectivity index (χ3v) is 2.74. The topological polar surface area (TPSA) is 35.2 Å². The summed E-state index contributed by atoms with van der Waals surface area (Å²) in [4.78, 5) is 0. The van der Waals surface area contributed by atoms with Crippen LogP contribution in [0.4, 0.5) is 0 Å². The minimum atomic E-state index is 0.682. The van der Waals surface area contributed by atoms with Gasteiger partial charge in [-0.25, -0.2) is 0 Å². The van der Waals surface area contributed by atoms with Gasteiger partial charge < -0.3 is 10.5 Å². The first kappa shape index (κ1) is 11.7. The van der Waals surface area contributed by atoms with Crippen molar-refractivity contribution in [3.05, 3.63) is 54.1 Å². The van der Waals surface area contributed by atoms with E-state index in [1.807, 2.05) is 18.2 Å². The molecule has 0 aliphatic heterocycles. The number of ether oxygens (including phenoxy) is 1. The standard InChI is InChI=1S/C15H16NO/c1-17-15-5-3-2-4-14(15)13-8-6-12(7-9-13)10-11-16/h3-9H,10-11,16H2,1H3. The lowest BCUT2D eigenvalue weighted by atomic mass is 10.0. The zero-order valence-electron chi connectivity index (χ0n) is 9.94. The van der Waals surface area contributed by atoms with E-state index in [2.05, 4.69) is 30.3 Å². The van der Waals surface area contributed by atoms with Gasteiger partial charge in [0.1, 0.15) is 5.75 Å². The monoisotopic (exact) mass is 226 g/mol. The molecule has 0 unspecified atom stereocenters. The zero-order chi connectivity index (χ0) is 12.1. The first-order valence-electron chi connectivity index (χ1n) is 5.68. The predicted octanol–water partition coefficient (Wildman–Crippen LogP) is 2.66. The third-order valence-electron chi connectivity index (χ3n) is 2.74. The Morgan fingerprint density at radius 1 is 1.18 bits per heavy atom. The molecule has 0 fully saturated rings. The van der Waals surface area contributed by atoms with E-state index in [1.54, 1.807) is 7.11 Å². The molecule has 0 saturated heterocycles. The average molecular weight is 226 g/mol. The summed E-state index contributed by atoms with van der Waals surface area (Å²) in [6, 6.07) is 17.2. The molecule has 0 spiro atoms. The van der Waals surface area contributed by atoms with E-state index in [1.165, 1.54) is 5.56 Å².